The van der Waals surface area contributed by atoms with Crippen molar-refractivity contribution in [1.29, 1.82) is 0 Å². The first-order chi connectivity index (χ1) is 10.8. The maximum Gasteiger partial charge on any atom is 0.220 e. The zero-order chi connectivity index (χ0) is 15.1. The zero-order valence-corrected chi connectivity index (χ0v) is 12.5. The first-order valence-electron chi connectivity index (χ1n) is 7.54. The molecular formula is C19H17N3. The number of rotatable bonds is 3. The summed E-state index contributed by atoms with van der Waals surface area (Å²) in [5.74, 6) is 0.932. The van der Waals surface area contributed by atoms with Gasteiger partial charge in [-0.25, -0.2) is 4.98 Å². The molecule has 0 amide bonds. The van der Waals surface area contributed by atoms with Gasteiger partial charge in [-0.15, -0.1) is 0 Å². The molecule has 4 rings (SSSR count). The minimum absolute atomic E-state index is 0.932. The van der Waals surface area contributed by atoms with Gasteiger partial charge in [0.15, 0.2) is 0 Å². The van der Waals surface area contributed by atoms with E-state index in [1.807, 2.05) is 12.1 Å². The van der Waals surface area contributed by atoms with Crippen molar-refractivity contribution in [2.24, 2.45) is 0 Å². The molecule has 0 bridgehead atoms. The summed E-state index contributed by atoms with van der Waals surface area (Å²) >= 11 is 0. The molecule has 0 saturated carbocycles. The van der Waals surface area contributed by atoms with Gasteiger partial charge in [0.05, 0.1) is 22.1 Å². The van der Waals surface area contributed by atoms with E-state index in [-0.39, 0.29) is 0 Å². The molecule has 0 aliphatic heterocycles. The highest BCUT2D eigenvalue weighted by atomic mass is 15.2. The Morgan fingerprint density at radius 2 is 1.73 bits per heavy atom. The molecule has 108 valence electrons. The van der Waals surface area contributed by atoms with Crippen LogP contribution in [0.25, 0.3) is 33.5 Å². The lowest BCUT2D eigenvalue weighted by atomic mass is 10.2. The fraction of sp³-hybridized carbons (Fsp3) is 0.105. The molecule has 0 aliphatic rings. The summed E-state index contributed by atoms with van der Waals surface area (Å²) in [6, 6.07) is 16.6. The molecular weight excluding hydrogens is 270 g/mol. The van der Waals surface area contributed by atoms with Crippen LogP contribution in [0, 0.1) is 0 Å². The molecule has 0 unspecified atom stereocenters. The molecule has 2 aromatic heterocycles. The van der Waals surface area contributed by atoms with Crippen molar-refractivity contribution < 1.29 is 0 Å². The van der Waals surface area contributed by atoms with E-state index in [1.54, 1.807) is 0 Å². The molecule has 0 fully saturated rings. The van der Waals surface area contributed by atoms with Crippen LogP contribution in [0.5, 0.6) is 0 Å². The van der Waals surface area contributed by atoms with Crippen LogP contribution < -0.4 is 0 Å². The monoisotopic (exact) mass is 287 g/mol. The maximum atomic E-state index is 4.84. The van der Waals surface area contributed by atoms with Crippen molar-refractivity contribution in [3.05, 3.63) is 67.3 Å². The molecule has 4 aromatic rings. The number of nitrogens with zero attached hydrogens (tertiary/aromatic N) is 3. The van der Waals surface area contributed by atoms with Crippen LogP contribution in [-0.2, 0) is 0 Å². The Bertz CT molecular complexity index is 1030. The van der Waals surface area contributed by atoms with E-state index in [9.17, 15) is 0 Å². The predicted molar refractivity (Wildman–Crippen MR) is 93.0 cm³/mol. The number of hydrogen-bond donors (Lipinski definition) is 0. The highest BCUT2D eigenvalue weighted by molar-refractivity contribution is 5.93. The second kappa shape index (κ2) is 4.88. The van der Waals surface area contributed by atoms with Gasteiger partial charge < -0.3 is 0 Å². The highest BCUT2D eigenvalue weighted by Gasteiger charge is 2.16. The smallest absolute Gasteiger partial charge is 0.220 e. The molecule has 22 heavy (non-hydrogen) atoms. The van der Waals surface area contributed by atoms with Gasteiger partial charge in [-0.05, 0) is 36.8 Å². The van der Waals surface area contributed by atoms with Crippen molar-refractivity contribution >= 4 is 33.5 Å². The Morgan fingerprint density at radius 1 is 1.05 bits per heavy atom. The Morgan fingerprint density at radius 3 is 2.45 bits per heavy atom. The molecule has 3 nitrogen and oxygen atoms in total. The van der Waals surface area contributed by atoms with E-state index in [1.165, 1.54) is 0 Å². The van der Waals surface area contributed by atoms with E-state index < -0.39 is 0 Å². The molecule has 3 heteroatoms. The number of para-hydroxylation sites is 4. The SMILES string of the molecule is C=C/C(=C\CC)n1c2ccccc2n2c3ccccc3nc12. The molecule has 0 radical (unpaired) electrons. The van der Waals surface area contributed by atoms with Gasteiger partial charge in [-0.3, -0.25) is 8.97 Å². The van der Waals surface area contributed by atoms with E-state index in [0.29, 0.717) is 0 Å². The van der Waals surface area contributed by atoms with E-state index in [2.05, 4.69) is 71.0 Å². The van der Waals surface area contributed by atoms with Gasteiger partial charge in [-0.1, -0.05) is 43.8 Å². The van der Waals surface area contributed by atoms with Gasteiger partial charge in [0, 0.05) is 5.70 Å². The summed E-state index contributed by atoms with van der Waals surface area (Å²) < 4.78 is 4.41. The van der Waals surface area contributed by atoms with Crippen molar-refractivity contribution in [2.75, 3.05) is 0 Å². The summed E-state index contributed by atoms with van der Waals surface area (Å²) in [6.07, 6.45) is 5.04. The lowest BCUT2D eigenvalue weighted by Gasteiger charge is -2.05. The number of fused-ring (bicyclic) bond motifs is 5. The first kappa shape index (κ1) is 12.9. The Hall–Kier alpha value is -2.81. The number of benzene rings is 2. The summed E-state index contributed by atoms with van der Waals surface area (Å²) in [5, 5.41) is 0. The molecule has 0 aliphatic carbocycles. The van der Waals surface area contributed by atoms with E-state index in [0.717, 1.165) is 40.0 Å². The molecule has 0 N–H and O–H groups in total. The molecule has 0 atom stereocenters. The summed E-state index contributed by atoms with van der Waals surface area (Å²) in [4.78, 5) is 4.84. The predicted octanol–water partition coefficient (Wildman–Crippen LogP) is 4.88. The third-order valence-electron chi connectivity index (χ3n) is 3.99. The lowest BCUT2D eigenvalue weighted by molar-refractivity contribution is 1.12. The maximum absolute atomic E-state index is 4.84. The summed E-state index contributed by atoms with van der Waals surface area (Å²) in [5.41, 5.74) is 5.53. The largest absolute Gasteiger partial charge is 0.279 e. The second-order valence-corrected chi connectivity index (χ2v) is 5.30. The van der Waals surface area contributed by atoms with Gasteiger partial charge in [0.25, 0.3) is 0 Å². The zero-order valence-electron chi connectivity index (χ0n) is 12.5. The fourth-order valence-corrected chi connectivity index (χ4v) is 3.08. The first-order valence-corrected chi connectivity index (χ1v) is 7.54. The van der Waals surface area contributed by atoms with Gasteiger partial charge in [0.2, 0.25) is 5.78 Å². The number of allylic oxidation sites excluding steroid dienone is 3. The molecule has 0 saturated heterocycles. The van der Waals surface area contributed by atoms with Crippen LogP contribution in [0.3, 0.4) is 0 Å². The number of hydrogen-bond acceptors (Lipinski definition) is 1. The minimum atomic E-state index is 0.932. The number of imidazole rings is 2. The van der Waals surface area contributed by atoms with E-state index in [4.69, 9.17) is 4.98 Å². The standard InChI is InChI=1S/C19H17N3/c1-3-9-14(4-2)21-17-12-7-8-13-18(17)22-16-11-6-5-10-15(16)20-19(21)22/h4-13H,2-3H2,1H3/b14-9+. The summed E-state index contributed by atoms with van der Waals surface area (Å²) in [7, 11) is 0. The van der Waals surface area contributed by atoms with Crippen molar-refractivity contribution in [1.82, 2.24) is 14.0 Å². The average molecular weight is 287 g/mol. The minimum Gasteiger partial charge on any atom is -0.279 e. The van der Waals surface area contributed by atoms with Crippen molar-refractivity contribution in [3.8, 4) is 0 Å². The third-order valence-corrected chi connectivity index (χ3v) is 3.99. The van der Waals surface area contributed by atoms with Gasteiger partial charge in [-0.2, -0.15) is 0 Å². The molecule has 2 heterocycles. The second-order valence-electron chi connectivity index (χ2n) is 5.30. The average Bonchev–Trinajstić information content (AvgIpc) is 3.07. The van der Waals surface area contributed by atoms with Crippen LogP contribution in [0.15, 0.2) is 67.3 Å². The van der Waals surface area contributed by atoms with Crippen LogP contribution in [0.1, 0.15) is 13.3 Å². The lowest BCUT2D eigenvalue weighted by Crippen LogP contribution is -1.95. The van der Waals surface area contributed by atoms with Crippen molar-refractivity contribution in [2.45, 2.75) is 13.3 Å². The Balaban J connectivity index is 2.26. The number of aromatic nitrogens is 3. The van der Waals surface area contributed by atoms with Crippen LogP contribution in [0.4, 0.5) is 0 Å². The quantitative estimate of drug-likeness (QED) is 0.492. The van der Waals surface area contributed by atoms with Gasteiger partial charge in [0.1, 0.15) is 0 Å². The normalized spacial score (nSPS) is 12.5. The Kier molecular flexibility index (Phi) is 2.86. The molecule has 0 spiro atoms. The van der Waals surface area contributed by atoms with Gasteiger partial charge >= 0.3 is 0 Å². The van der Waals surface area contributed by atoms with Crippen LogP contribution >= 0.6 is 0 Å². The third kappa shape index (κ3) is 1.65. The van der Waals surface area contributed by atoms with Crippen molar-refractivity contribution in [3.63, 3.8) is 0 Å². The van der Waals surface area contributed by atoms with Crippen LogP contribution in [0.2, 0.25) is 0 Å². The van der Waals surface area contributed by atoms with E-state index >= 15 is 0 Å². The molecule has 2 aromatic carbocycles. The topological polar surface area (TPSA) is 22.2 Å². The summed E-state index contributed by atoms with van der Waals surface area (Å²) in [6.45, 7) is 6.11. The fourth-order valence-electron chi connectivity index (χ4n) is 3.08. The highest BCUT2D eigenvalue weighted by Crippen LogP contribution is 2.28. The van der Waals surface area contributed by atoms with Crippen LogP contribution in [-0.4, -0.2) is 14.0 Å². The Labute approximate surface area is 128 Å².